The standard InChI is InChI=1S/C15H23NO3/c1-18-11-12-3-2-4-15(9-12)19-8-7-14(10-17)16-13-5-6-13/h2-4,9,13-14,16-17H,5-8,10-11H2,1H3. The smallest absolute Gasteiger partial charge is 0.119 e. The topological polar surface area (TPSA) is 50.7 Å². The first-order chi connectivity index (χ1) is 9.31. The fourth-order valence-electron chi connectivity index (χ4n) is 2.02. The molecule has 0 radical (unpaired) electrons. The van der Waals surface area contributed by atoms with E-state index in [9.17, 15) is 5.11 Å². The van der Waals surface area contributed by atoms with Crippen LogP contribution in [0.2, 0.25) is 0 Å². The van der Waals surface area contributed by atoms with Gasteiger partial charge in [-0.15, -0.1) is 0 Å². The highest BCUT2D eigenvalue weighted by atomic mass is 16.5. The van der Waals surface area contributed by atoms with E-state index in [4.69, 9.17) is 9.47 Å². The third-order valence-electron chi connectivity index (χ3n) is 3.21. The number of ether oxygens (including phenoxy) is 2. The molecule has 0 spiro atoms. The number of hydrogen-bond donors (Lipinski definition) is 2. The van der Waals surface area contributed by atoms with Crippen LogP contribution in [-0.2, 0) is 11.3 Å². The minimum absolute atomic E-state index is 0.148. The lowest BCUT2D eigenvalue weighted by Gasteiger charge is -2.16. The van der Waals surface area contributed by atoms with E-state index in [1.165, 1.54) is 12.8 Å². The average Bonchev–Trinajstić information content (AvgIpc) is 3.22. The van der Waals surface area contributed by atoms with Gasteiger partial charge in [0.1, 0.15) is 5.75 Å². The molecule has 4 nitrogen and oxygen atoms in total. The van der Waals surface area contributed by atoms with Crippen molar-refractivity contribution in [3.05, 3.63) is 29.8 Å². The monoisotopic (exact) mass is 265 g/mol. The number of nitrogens with one attached hydrogen (secondary N) is 1. The fourth-order valence-corrected chi connectivity index (χ4v) is 2.02. The molecule has 2 rings (SSSR count). The summed E-state index contributed by atoms with van der Waals surface area (Å²) in [6.07, 6.45) is 3.29. The molecule has 1 aliphatic carbocycles. The maximum atomic E-state index is 9.28. The molecule has 1 aliphatic rings. The number of benzene rings is 1. The molecule has 0 heterocycles. The molecule has 1 aromatic carbocycles. The first-order valence-electron chi connectivity index (χ1n) is 6.89. The van der Waals surface area contributed by atoms with Crippen LogP contribution in [0.15, 0.2) is 24.3 Å². The summed E-state index contributed by atoms with van der Waals surface area (Å²) in [4.78, 5) is 0. The fraction of sp³-hybridized carbons (Fsp3) is 0.600. The zero-order chi connectivity index (χ0) is 13.5. The maximum absolute atomic E-state index is 9.28. The van der Waals surface area contributed by atoms with Crippen molar-refractivity contribution in [1.82, 2.24) is 5.32 Å². The average molecular weight is 265 g/mol. The van der Waals surface area contributed by atoms with Crippen molar-refractivity contribution < 1.29 is 14.6 Å². The summed E-state index contributed by atoms with van der Waals surface area (Å²) in [6, 6.07) is 8.68. The normalized spacial score (nSPS) is 16.3. The van der Waals surface area contributed by atoms with Crippen molar-refractivity contribution >= 4 is 0 Å². The molecule has 1 atom stereocenters. The molecule has 2 N–H and O–H groups in total. The molecular formula is C15H23NO3. The molecule has 1 aromatic rings. The molecule has 0 aromatic heterocycles. The van der Waals surface area contributed by atoms with E-state index < -0.39 is 0 Å². The Kier molecular flexibility index (Phi) is 5.63. The van der Waals surface area contributed by atoms with Gasteiger partial charge in [0.15, 0.2) is 0 Å². The Labute approximate surface area is 114 Å². The number of hydrogen-bond acceptors (Lipinski definition) is 4. The first-order valence-corrected chi connectivity index (χ1v) is 6.89. The van der Waals surface area contributed by atoms with Crippen molar-refractivity contribution in [3.8, 4) is 5.75 Å². The Hall–Kier alpha value is -1.10. The van der Waals surface area contributed by atoms with Crippen LogP contribution in [-0.4, -0.2) is 37.5 Å². The van der Waals surface area contributed by atoms with Gasteiger partial charge in [-0.3, -0.25) is 0 Å². The van der Waals surface area contributed by atoms with Crippen molar-refractivity contribution in [2.75, 3.05) is 20.3 Å². The Morgan fingerprint density at radius 2 is 2.26 bits per heavy atom. The summed E-state index contributed by atoms with van der Waals surface area (Å²) in [5.41, 5.74) is 1.11. The van der Waals surface area contributed by atoms with E-state index in [0.717, 1.165) is 17.7 Å². The zero-order valence-corrected chi connectivity index (χ0v) is 11.5. The van der Waals surface area contributed by atoms with Crippen LogP contribution in [0.4, 0.5) is 0 Å². The molecule has 0 amide bonds. The van der Waals surface area contributed by atoms with Crippen molar-refractivity contribution in [2.24, 2.45) is 0 Å². The van der Waals surface area contributed by atoms with E-state index in [1.54, 1.807) is 7.11 Å². The highest BCUT2D eigenvalue weighted by Gasteiger charge is 2.23. The minimum Gasteiger partial charge on any atom is -0.494 e. The van der Waals surface area contributed by atoms with Gasteiger partial charge < -0.3 is 19.9 Å². The van der Waals surface area contributed by atoms with E-state index >= 15 is 0 Å². The Balaban J connectivity index is 1.72. The van der Waals surface area contributed by atoms with Gasteiger partial charge in [-0.25, -0.2) is 0 Å². The van der Waals surface area contributed by atoms with Crippen LogP contribution >= 0.6 is 0 Å². The summed E-state index contributed by atoms with van der Waals surface area (Å²) in [6.45, 7) is 1.38. The summed E-state index contributed by atoms with van der Waals surface area (Å²) in [5.74, 6) is 0.859. The number of aliphatic hydroxyl groups is 1. The number of rotatable bonds is 9. The third kappa shape index (κ3) is 5.19. The second-order valence-electron chi connectivity index (χ2n) is 5.04. The van der Waals surface area contributed by atoms with Gasteiger partial charge in [-0.2, -0.15) is 0 Å². The van der Waals surface area contributed by atoms with Gasteiger partial charge in [0.05, 0.1) is 19.8 Å². The van der Waals surface area contributed by atoms with Gasteiger partial charge >= 0.3 is 0 Å². The molecule has 0 bridgehead atoms. The Morgan fingerprint density at radius 3 is 2.95 bits per heavy atom. The SMILES string of the molecule is COCc1cccc(OCCC(CO)NC2CC2)c1. The molecular weight excluding hydrogens is 242 g/mol. The summed E-state index contributed by atoms with van der Waals surface area (Å²) in [5, 5.41) is 12.7. The van der Waals surface area contributed by atoms with Crippen LogP contribution in [0.1, 0.15) is 24.8 Å². The van der Waals surface area contributed by atoms with Gasteiger partial charge in [-0.1, -0.05) is 12.1 Å². The molecule has 0 saturated heterocycles. The number of methoxy groups -OCH3 is 1. The van der Waals surface area contributed by atoms with E-state index in [-0.39, 0.29) is 12.6 Å². The van der Waals surface area contributed by atoms with Crippen molar-refractivity contribution in [3.63, 3.8) is 0 Å². The Bertz CT molecular complexity index is 379. The van der Waals surface area contributed by atoms with Crippen molar-refractivity contribution in [2.45, 2.75) is 38.0 Å². The predicted octanol–water partition coefficient (Wildman–Crippen LogP) is 1.71. The van der Waals surface area contributed by atoms with Gasteiger partial charge in [0.25, 0.3) is 0 Å². The van der Waals surface area contributed by atoms with Crippen LogP contribution in [0.5, 0.6) is 5.75 Å². The largest absolute Gasteiger partial charge is 0.494 e. The lowest BCUT2D eigenvalue weighted by atomic mass is 10.2. The van der Waals surface area contributed by atoms with Crippen molar-refractivity contribution in [1.29, 1.82) is 0 Å². The summed E-state index contributed by atoms with van der Waals surface area (Å²) < 4.78 is 10.8. The highest BCUT2D eigenvalue weighted by molar-refractivity contribution is 5.28. The molecule has 4 heteroatoms. The Morgan fingerprint density at radius 1 is 1.42 bits per heavy atom. The molecule has 1 saturated carbocycles. The highest BCUT2D eigenvalue weighted by Crippen LogP contribution is 2.20. The van der Waals surface area contributed by atoms with Crippen LogP contribution in [0.3, 0.4) is 0 Å². The van der Waals surface area contributed by atoms with Crippen LogP contribution in [0, 0.1) is 0 Å². The first kappa shape index (κ1) is 14.3. The van der Waals surface area contributed by atoms with Crippen LogP contribution < -0.4 is 10.1 Å². The van der Waals surface area contributed by atoms with Crippen LogP contribution in [0.25, 0.3) is 0 Å². The van der Waals surface area contributed by atoms with Gasteiger partial charge in [0, 0.05) is 19.2 Å². The molecule has 106 valence electrons. The molecule has 19 heavy (non-hydrogen) atoms. The van der Waals surface area contributed by atoms with Gasteiger partial charge in [-0.05, 0) is 37.0 Å². The van der Waals surface area contributed by atoms with E-state index in [2.05, 4.69) is 5.32 Å². The molecule has 1 fully saturated rings. The summed E-state index contributed by atoms with van der Waals surface area (Å²) in [7, 11) is 1.68. The zero-order valence-electron chi connectivity index (χ0n) is 11.5. The lowest BCUT2D eigenvalue weighted by molar-refractivity contribution is 0.184. The lowest BCUT2D eigenvalue weighted by Crippen LogP contribution is -2.35. The number of aliphatic hydroxyl groups excluding tert-OH is 1. The quantitative estimate of drug-likeness (QED) is 0.714. The van der Waals surface area contributed by atoms with E-state index in [0.29, 0.717) is 19.3 Å². The minimum atomic E-state index is 0.148. The molecule has 0 aliphatic heterocycles. The second-order valence-corrected chi connectivity index (χ2v) is 5.04. The van der Waals surface area contributed by atoms with E-state index in [1.807, 2.05) is 24.3 Å². The molecule has 1 unspecified atom stereocenters. The second kappa shape index (κ2) is 7.48. The third-order valence-corrected chi connectivity index (χ3v) is 3.21. The predicted molar refractivity (Wildman–Crippen MR) is 74.3 cm³/mol. The maximum Gasteiger partial charge on any atom is 0.119 e. The van der Waals surface area contributed by atoms with Gasteiger partial charge in [0.2, 0.25) is 0 Å². The summed E-state index contributed by atoms with van der Waals surface area (Å²) >= 11 is 0.